The number of aliphatic hydroxyl groups is 2. The molecular weight excluding hydrogens is 260 g/mol. The highest BCUT2D eigenvalue weighted by molar-refractivity contribution is 5.34. The first-order valence-electron chi connectivity index (χ1n) is 6.86. The van der Waals surface area contributed by atoms with E-state index in [0.29, 0.717) is 5.56 Å². The van der Waals surface area contributed by atoms with Crippen LogP contribution in [0.15, 0.2) is 24.3 Å². The molecule has 0 radical (unpaired) electrons. The number of hydrogen-bond donors (Lipinski definition) is 3. The summed E-state index contributed by atoms with van der Waals surface area (Å²) >= 11 is 0. The molecule has 0 spiro atoms. The molecule has 0 saturated carbocycles. The number of nitro benzene ring substituents is 1. The molecule has 0 aromatic heterocycles. The van der Waals surface area contributed by atoms with E-state index in [1.807, 2.05) is 0 Å². The number of unbranched alkanes of at least 4 members (excludes halogenated alkanes) is 2. The molecule has 20 heavy (non-hydrogen) atoms. The second-order valence-corrected chi connectivity index (χ2v) is 4.74. The van der Waals surface area contributed by atoms with Gasteiger partial charge in [-0.25, -0.2) is 0 Å². The maximum atomic E-state index is 10.6. The molecular formula is C14H22N2O4. The molecule has 0 amide bonds. The first-order chi connectivity index (χ1) is 9.60. The number of nitro groups is 1. The summed E-state index contributed by atoms with van der Waals surface area (Å²) in [6.45, 7) is 2.64. The predicted molar refractivity (Wildman–Crippen MR) is 76.5 cm³/mol. The monoisotopic (exact) mass is 282 g/mol. The van der Waals surface area contributed by atoms with Crippen LogP contribution in [0.2, 0.25) is 0 Å². The second-order valence-electron chi connectivity index (χ2n) is 4.74. The Balaban J connectivity index is 2.60. The highest BCUT2D eigenvalue weighted by Gasteiger charge is 2.20. The number of nitrogens with zero attached hydrogens (tertiary/aromatic N) is 1. The summed E-state index contributed by atoms with van der Waals surface area (Å²) in [7, 11) is 0. The number of non-ortho nitro benzene ring substituents is 1. The molecule has 0 bridgehead atoms. The largest absolute Gasteiger partial charge is 0.395 e. The van der Waals surface area contributed by atoms with E-state index < -0.39 is 17.1 Å². The van der Waals surface area contributed by atoms with Gasteiger partial charge >= 0.3 is 0 Å². The number of aliphatic hydroxyl groups excluding tert-OH is 2. The minimum atomic E-state index is -0.887. The normalized spacial score (nSPS) is 13.9. The Hall–Kier alpha value is -1.50. The van der Waals surface area contributed by atoms with E-state index in [9.17, 15) is 20.3 Å². The molecule has 112 valence electrons. The summed E-state index contributed by atoms with van der Waals surface area (Å²) in [6.07, 6.45) is 2.30. The Morgan fingerprint density at radius 2 is 1.95 bits per heavy atom. The minimum Gasteiger partial charge on any atom is -0.395 e. The molecule has 3 N–H and O–H groups in total. The molecule has 0 aliphatic heterocycles. The summed E-state index contributed by atoms with van der Waals surface area (Å²) in [4.78, 5) is 10.1. The maximum Gasteiger partial charge on any atom is 0.269 e. The first kappa shape index (κ1) is 16.6. The molecule has 0 aliphatic carbocycles. The lowest BCUT2D eigenvalue weighted by Gasteiger charge is -2.22. The summed E-state index contributed by atoms with van der Waals surface area (Å²) in [5, 5.41) is 33.2. The molecule has 0 aliphatic rings. The van der Waals surface area contributed by atoms with Gasteiger partial charge in [0.2, 0.25) is 0 Å². The SMILES string of the molecule is CCCCCNC(CO)C(O)c1ccc([N+](=O)[O-])cc1. The number of benzene rings is 1. The van der Waals surface area contributed by atoms with E-state index in [4.69, 9.17) is 0 Å². The summed E-state index contributed by atoms with van der Waals surface area (Å²) in [6, 6.07) is 5.26. The van der Waals surface area contributed by atoms with Gasteiger partial charge in [0.25, 0.3) is 5.69 Å². The van der Waals surface area contributed by atoms with Gasteiger partial charge in [0.15, 0.2) is 0 Å². The van der Waals surface area contributed by atoms with Gasteiger partial charge in [-0.05, 0) is 30.7 Å². The van der Waals surface area contributed by atoms with Crippen LogP contribution in [0.25, 0.3) is 0 Å². The van der Waals surface area contributed by atoms with Crippen molar-refractivity contribution in [1.29, 1.82) is 0 Å². The van der Waals surface area contributed by atoms with Crippen LogP contribution in [0.3, 0.4) is 0 Å². The minimum absolute atomic E-state index is 0.0163. The fourth-order valence-corrected chi connectivity index (χ4v) is 1.96. The van der Waals surface area contributed by atoms with E-state index in [2.05, 4.69) is 12.2 Å². The summed E-state index contributed by atoms with van der Waals surface area (Å²) in [5.74, 6) is 0. The fraction of sp³-hybridized carbons (Fsp3) is 0.571. The topological polar surface area (TPSA) is 95.6 Å². The maximum absolute atomic E-state index is 10.6. The molecule has 1 aromatic carbocycles. The van der Waals surface area contributed by atoms with Crippen LogP contribution >= 0.6 is 0 Å². The van der Waals surface area contributed by atoms with Crippen molar-refractivity contribution in [1.82, 2.24) is 5.32 Å². The third-order valence-corrected chi connectivity index (χ3v) is 3.21. The van der Waals surface area contributed by atoms with Crippen LogP contribution in [-0.2, 0) is 0 Å². The third kappa shape index (κ3) is 4.88. The second kappa shape index (κ2) is 8.63. The number of rotatable bonds is 9. The van der Waals surface area contributed by atoms with Crippen molar-refractivity contribution in [3.05, 3.63) is 39.9 Å². The molecule has 2 unspecified atom stereocenters. The van der Waals surface area contributed by atoms with E-state index in [1.165, 1.54) is 24.3 Å². The zero-order valence-electron chi connectivity index (χ0n) is 11.7. The third-order valence-electron chi connectivity index (χ3n) is 3.21. The molecule has 0 heterocycles. The van der Waals surface area contributed by atoms with E-state index >= 15 is 0 Å². The average molecular weight is 282 g/mol. The Bertz CT molecular complexity index is 408. The lowest BCUT2D eigenvalue weighted by atomic mass is 10.0. The van der Waals surface area contributed by atoms with Gasteiger partial charge in [0.1, 0.15) is 0 Å². The van der Waals surface area contributed by atoms with Crippen molar-refractivity contribution in [3.63, 3.8) is 0 Å². The van der Waals surface area contributed by atoms with Gasteiger partial charge in [0.05, 0.1) is 23.7 Å². The van der Waals surface area contributed by atoms with Crippen molar-refractivity contribution < 1.29 is 15.1 Å². The van der Waals surface area contributed by atoms with Crippen molar-refractivity contribution in [2.45, 2.75) is 38.3 Å². The number of hydrogen-bond acceptors (Lipinski definition) is 5. The van der Waals surface area contributed by atoms with Gasteiger partial charge in [-0.3, -0.25) is 10.1 Å². The van der Waals surface area contributed by atoms with Gasteiger partial charge in [-0.2, -0.15) is 0 Å². The van der Waals surface area contributed by atoms with Crippen LogP contribution in [0, 0.1) is 10.1 Å². The van der Waals surface area contributed by atoms with Crippen LogP contribution in [0.4, 0.5) is 5.69 Å². The summed E-state index contributed by atoms with van der Waals surface area (Å²) < 4.78 is 0. The Kier molecular flexibility index (Phi) is 7.14. The Morgan fingerprint density at radius 1 is 1.30 bits per heavy atom. The van der Waals surface area contributed by atoms with Gasteiger partial charge in [-0.1, -0.05) is 19.8 Å². The molecule has 0 fully saturated rings. The molecule has 1 aromatic rings. The highest BCUT2D eigenvalue weighted by Crippen LogP contribution is 2.20. The van der Waals surface area contributed by atoms with Crippen LogP contribution in [0.1, 0.15) is 37.9 Å². The van der Waals surface area contributed by atoms with Crippen LogP contribution in [-0.4, -0.2) is 34.3 Å². The smallest absolute Gasteiger partial charge is 0.269 e. The van der Waals surface area contributed by atoms with Crippen LogP contribution in [0.5, 0.6) is 0 Å². The van der Waals surface area contributed by atoms with Gasteiger partial charge in [-0.15, -0.1) is 0 Å². The molecule has 6 nitrogen and oxygen atoms in total. The van der Waals surface area contributed by atoms with E-state index in [-0.39, 0.29) is 12.3 Å². The zero-order chi connectivity index (χ0) is 15.0. The standard InChI is InChI=1S/C14H22N2O4/c1-2-3-4-9-15-13(10-17)14(18)11-5-7-12(8-6-11)16(19)20/h5-8,13-15,17-18H,2-4,9-10H2,1H3. The van der Waals surface area contributed by atoms with Gasteiger partial charge in [0, 0.05) is 12.1 Å². The average Bonchev–Trinajstić information content (AvgIpc) is 2.47. The number of nitrogens with one attached hydrogen (secondary N) is 1. The lowest BCUT2D eigenvalue weighted by molar-refractivity contribution is -0.384. The van der Waals surface area contributed by atoms with Crippen molar-refractivity contribution in [2.75, 3.05) is 13.2 Å². The van der Waals surface area contributed by atoms with E-state index in [1.54, 1.807) is 0 Å². The molecule has 0 saturated heterocycles. The Labute approximate surface area is 118 Å². The van der Waals surface area contributed by atoms with Crippen molar-refractivity contribution >= 4 is 5.69 Å². The van der Waals surface area contributed by atoms with Crippen LogP contribution < -0.4 is 5.32 Å². The van der Waals surface area contributed by atoms with E-state index in [0.717, 1.165) is 25.8 Å². The first-order valence-corrected chi connectivity index (χ1v) is 6.86. The zero-order valence-corrected chi connectivity index (χ0v) is 11.7. The highest BCUT2D eigenvalue weighted by atomic mass is 16.6. The van der Waals surface area contributed by atoms with Crippen molar-refractivity contribution in [3.8, 4) is 0 Å². The van der Waals surface area contributed by atoms with Crippen molar-refractivity contribution in [2.24, 2.45) is 0 Å². The quantitative estimate of drug-likeness (QED) is 0.364. The molecule has 6 heteroatoms. The van der Waals surface area contributed by atoms with Gasteiger partial charge < -0.3 is 15.5 Å². The Morgan fingerprint density at radius 3 is 2.45 bits per heavy atom. The fourth-order valence-electron chi connectivity index (χ4n) is 1.96. The predicted octanol–water partition coefficient (Wildman–Crippen LogP) is 1.77. The molecule has 2 atom stereocenters. The summed E-state index contributed by atoms with van der Waals surface area (Å²) in [5.41, 5.74) is 0.537. The molecule has 1 rings (SSSR count). The lowest BCUT2D eigenvalue weighted by Crippen LogP contribution is -2.38.